The standard InChI is InChI=1S/C20H17BrCl2FNO5/c1-28-25-10-17(24)18(30-20(27)13-4-8-15(23)9-5-13)16(21)11-29-19(26)12-2-6-14(22)7-3-12/h2-10,16-18H,11H2,1H3/b25-10+. The van der Waals surface area contributed by atoms with Crippen LogP contribution in [0.2, 0.25) is 10.0 Å². The maximum absolute atomic E-state index is 14.6. The van der Waals surface area contributed by atoms with Crippen molar-refractivity contribution in [2.45, 2.75) is 17.1 Å². The van der Waals surface area contributed by atoms with E-state index in [1.807, 2.05) is 0 Å². The fourth-order valence-corrected chi connectivity index (χ4v) is 3.02. The van der Waals surface area contributed by atoms with Gasteiger partial charge in [-0.15, -0.1) is 0 Å². The average molecular weight is 521 g/mol. The predicted octanol–water partition coefficient (Wildman–Crippen LogP) is 5.11. The highest BCUT2D eigenvalue weighted by molar-refractivity contribution is 9.09. The third kappa shape index (κ3) is 7.27. The van der Waals surface area contributed by atoms with Crippen LogP contribution in [-0.4, -0.2) is 49.0 Å². The van der Waals surface area contributed by atoms with Gasteiger partial charge in [0, 0.05) is 10.0 Å². The highest BCUT2D eigenvalue weighted by Crippen LogP contribution is 2.20. The highest BCUT2D eigenvalue weighted by Gasteiger charge is 2.32. The molecule has 0 aliphatic carbocycles. The molecule has 6 nitrogen and oxygen atoms in total. The van der Waals surface area contributed by atoms with E-state index < -0.39 is 29.0 Å². The van der Waals surface area contributed by atoms with E-state index in [1.54, 1.807) is 12.1 Å². The van der Waals surface area contributed by atoms with E-state index in [2.05, 4.69) is 25.9 Å². The Kier molecular flexibility index (Phi) is 9.55. The Bertz CT molecular complexity index is 880. The summed E-state index contributed by atoms with van der Waals surface area (Å²) in [6.07, 6.45) is -2.35. The quantitative estimate of drug-likeness (QED) is 0.199. The molecule has 2 aromatic carbocycles. The second kappa shape index (κ2) is 11.9. The second-order valence-electron chi connectivity index (χ2n) is 5.88. The number of ether oxygens (including phenoxy) is 2. The molecule has 2 rings (SSSR count). The number of nitrogens with zero attached hydrogens (tertiary/aromatic N) is 1. The third-order valence-corrected chi connectivity index (χ3v) is 5.04. The van der Waals surface area contributed by atoms with Gasteiger partial charge in [-0.1, -0.05) is 44.3 Å². The van der Waals surface area contributed by atoms with Crippen LogP contribution in [0.4, 0.5) is 4.39 Å². The molecule has 3 unspecified atom stereocenters. The molecular weight excluding hydrogens is 504 g/mol. The van der Waals surface area contributed by atoms with Crippen molar-refractivity contribution in [3.63, 3.8) is 0 Å². The summed E-state index contributed by atoms with van der Waals surface area (Å²) in [6, 6.07) is 12.0. The summed E-state index contributed by atoms with van der Waals surface area (Å²) in [6.45, 7) is -0.277. The van der Waals surface area contributed by atoms with Crippen molar-refractivity contribution < 1.29 is 28.3 Å². The summed E-state index contributed by atoms with van der Waals surface area (Å²) in [4.78, 5) is 28.1. The van der Waals surface area contributed by atoms with Crippen LogP contribution in [-0.2, 0) is 14.3 Å². The summed E-state index contributed by atoms with van der Waals surface area (Å²) in [7, 11) is 1.25. The van der Waals surface area contributed by atoms with Gasteiger partial charge in [0.2, 0.25) is 0 Å². The second-order valence-corrected chi connectivity index (χ2v) is 7.93. The van der Waals surface area contributed by atoms with Crippen LogP contribution in [0.25, 0.3) is 0 Å². The molecule has 0 bridgehead atoms. The van der Waals surface area contributed by atoms with Crippen LogP contribution < -0.4 is 0 Å². The smallest absolute Gasteiger partial charge is 0.338 e. The molecule has 0 saturated carbocycles. The van der Waals surface area contributed by atoms with Gasteiger partial charge >= 0.3 is 11.9 Å². The van der Waals surface area contributed by atoms with Crippen molar-refractivity contribution in [2.75, 3.05) is 13.7 Å². The van der Waals surface area contributed by atoms with E-state index in [0.29, 0.717) is 10.0 Å². The number of benzene rings is 2. The number of hydrogen-bond acceptors (Lipinski definition) is 6. The Labute approximate surface area is 191 Å². The van der Waals surface area contributed by atoms with Gasteiger partial charge in [0.05, 0.1) is 22.2 Å². The summed E-state index contributed by atoms with van der Waals surface area (Å²) in [5.74, 6) is -1.42. The minimum atomic E-state index is -1.83. The summed E-state index contributed by atoms with van der Waals surface area (Å²) >= 11 is 14.8. The minimum absolute atomic E-state index is 0.179. The molecule has 0 radical (unpaired) electrons. The number of alkyl halides is 2. The lowest BCUT2D eigenvalue weighted by Crippen LogP contribution is -2.39. The average Bonchev–Trinajstić information content (AvgIpc) is 2.74. The van der Waals surface area contributed by atoms with Crippen LogP contribution >= 0.6 is 39.1 Å². The maximum Gasteiger partial charge on any atom is 0.338 e. The van der Waals surface area contributed by atoms with Crippen molar-refractivity contribution in [3.05, 3.63) is 69.7 Å². The number of oxime groups is 1. The van der Waals surface area contributed by atoms with Gasteiger partial charge in [0.15, 0.2) is 12.3 Å². The summed E-state index contributed by atoms with van der Waals surface area (Å²) in [5, 5.41) is 4.27. The molecule has 10 heteroatoms. The fourth-order valence-electron chi connectivity index (χ4n) is 2.24. The van der Waals surface area contributed by atoms with Gasteiger partial charge in [-0.25, -0.2) is 14.0 Å². The SMILES string of the molecule is CO/N=C/C(F)C(OC(=O)c1ccc(Cl)cc1)C(Br)COC(=O)c1ccc(Cl)cc1. The molecule has 3 atom stereocenters. The molecule has 0 amide bonds. The Hall–Kier alpha value is -2.16. The van der Waals surface area contributed by atoms with Crippen LogP contribution in [0, 0.1) is 0 Å². The molecule has 0 saturated heterocycles. The van der Waals surface area contributed by atoms with E-state index in [9.17, 15) is 14.0 Å². The lowest BCUT2D eigenvalue weighted by atomic mass is 10.1. The number of esters is 2. The first-order valence-electron chi connectivity index (χ1n) is 8.56. The van der Waals surface area contributed by atoms with Gasteiger partial charge in [-0.3, -0.25) is 0 Å². The van der Waals surface area contributed by atoms with Crippen LogP contribution in [0.5, 0.6) is 0 Å². The highest BCUT2D eigenvalue weighted by atomic mass is 79.9. The minimum Gasteiger partial charge on any atom is -0.461 e. The monoisotopic (exact) mass is 519 g/mol. The zero-order valence-corrected chi connectivity index (χ0v) is 18.7. The van der Waals surface area contributed by atoms with Crippen LogP contribution in [0.1, 0.15) is 20.7 Å². The molecule has 0 aromatic heterocycles. The number of hydrogen-bond donors (Lipinski definition) is 0. The lowest BCUT2D eigenvalue weighted by molar-refractivity contribution is 0.00846. The van der Waals surface area contributed by atoms with Crippen molar-refractivity contribution in [3.8, 4) is 0 Å². The largest absolute Gasteiger partial charge is 0.461 e. The van der Waals surface area contributed by atoms with Gasteiger partial charge in [0.25, 0.3) is 0 Å². The fraction of sp³-hybridized carbons (Fsp3) is 0.250. The topological polar surface area (TPSA) is 74.2 Å². The van der Waals surface area contributed by atoms with Crippen LogP contribution in [0.15, 0.2) is 53.7 Å². The molecular formula is C20H17BrCl2FNO5. The van der Waals surface area contributed by atoms with Crippen molar-refractivity contribution in [1.29, 1.82) is 0 Å². The van der Waals surface area contributed by atoms with E-state index in [1.165, 1.54) is 43.5 Å². The first-order valence-corrected chi connectivity index (χ1v) is 10.2. The van der Waals surface area contributed by atoms with Gasteiger partial charge in [-0.2, -0.15) is 0 Å². The van der Waals surface area contributed by atoms with Crippen molar-refractivity contribution in [1.82, 2.24) is 0 Å². The first-order chi connectivity index (χ1) is 14.3. The Morgan fingerprint density at radius 2 is 1.53 bits per heavy atom. The van der Waals surface area contributed by atoms with E-state index in [-0.39, 0.29) is 17.7 Å². The molecule has 30 heavy (non-hydrogen) atoms. The van der Waals surface area contributed by atoms with E-state index in [4.69, 9.17) is 32.7 Å². The zero-order chi connectivity index (χ0) is 22.1. The first kappa shape index (κ1) is 24.1. The third-order valence-electron chi connectivity index (χ3n) is 3.76. The van der Waals surface area contributed by atoms with Gasteiger partial charge in [0.1, 0.15) is 13.7 Å². The van der Waals surface area contributed by atoms with Gasteiger partial charge < -0.3 is 14.3 Å². The lowest BCUT2D eigenvalue weighted by Gasteiger charge is -2.24. The number of halogens is 4. The molecule has 0 aliphatic rings. The molecule has 0 aliphatic heterocycles. The number of carbonyl (C=O) groups excluding carboxylic acids is 2. The Balaban J connectivity index is 2.07. The molecule has 2 aromatic rings. The van der Waals surface area contributed by atoms with Crippen LogP contribution in [0.3, 0.4) is 0 Å². The molecule has 0 spiro atoms. The summed E-state index contributed by atoms with van der Waals surface area (Å²) < 4.78 is 25.1. The number of carbonyl (C=O) groups is 2. The molecule has 0 fully saturated rings. The van der Waals surface area contributed by atoms with Crippen molar-refractivity contribution >= 4 is 57.3 Å². The Morgan fingerprint density at radius 3 is 2.03 bits per heavy atom. The molecule has 0 heterocycles. The Morgan fingerprint density at radius 1 is 1.03 bits per heavy atom. The van der Waals surface area contributed by atoms with E-state index in [0.717, 1.165) is 6.21 Å². The maximum atomic E-state index is 14.6. The number of rotatable bonds is 9. The predicted molar refractivity (Wildman–Crippen MR) is 116 cm³/mol. The van der Waals surface area contributed by atoms with E-state index >= 15 is 0 Å². The molecule has 0 N–H and O–H groups in total. The van der Waals surface area contributed by atoms with Gasteiger partial charge in [-0.05, 0) is 48.5 Å². The summed E-state index contributed by atoms with van der Waals surface area (Å²) in [5.41, 5.74) is 0.449. The molecule has 160 valence electrons. The zero-order valence-electron chi connectivity index (χ0n) is 15.6. The van der Waals surface area contributed by atoms with Crippen molar-refractivity contribution in [2.24, 2.45) is 5.16 Å². The normalized spacial score (nSPS) is 14.0.